The van der Waals surface area contributed by atoms with Crippen LogP contribution < -0.4 is 5.06 Å². The van der Waals surface area contributed by atoms with E-state index in [1.165, 1.54) is 38.7 Å². The zero-order valence-corrected chi connectivity index (χ0v) is 14.1. The summed E-state index contributed by atoms with van der Waals surface area (Å²) in [5.41, 5.74) is 6.78. The molecule has 1 fully saturated rings. The largest absolute Gasteiger partial charge is 0.269 e. The van der Waals surface area contributed by atoms with Gasteiger partial charge in [-0.3, -0.25) is 4.84 Å². The molecule has 24 heavy (non-hydrogen) atoms. The molecule has 2 nitrogen and oxygen atoms in total. The van der Waals surface area contributed by atoms with Gasteiger partial charge in [-0.25, -0.2) is 5.06 Å². The van der Waals surface area contributed by atoms with Crippen LogP contribution in [-0.2, 0) is 11.3 Å². The van der Waals surface area contributed by atoms with E-state index in [-0.39, 0.29) is 0 Å². The number of benzene rings is 3. The highest BCUT2D eigenvalue weighted by Crippen LogP contribution is 2.47. The van der Waals surface area contributed by atoms with Crippen LogP contribution in [0.15, 0.2) is 54.6 Å². The lowest BCUT2D eigenvalue weighted by molar-refractivity contribution is 0.0732. The summed E-state index contributed by atoms with van der Waals surface area (Å²) in [4.78, 5) is 6.31. The third kappa shape index (κ3) is 1.93. The molecule has 0 amide bonds. The zero-order chi connectivity index (χ0) is 16.3. The molecule has 0 N–H and O–H groups in total. The van der Waals surface area contributed by atoms with Gasteiger partial charge in [-0.1, -0.05) is 54.6 Å². The predicted octanol–water partition coefficient (Wildman–Crippen LogP) is 5.26. The summed E-state index contributed by atoms with van der Waals surface area (Å²) in [6.07, 6.45) is 2.37. The normalized spacial score (nSPS) is 22.0. The Morgan fingerprint density at radius 2 is 1.79 bits per heavy atom. The van der Waals surface area contributed by atoms with Crippen LogP contribution in [0.1, 0.15) is 34.7 Å². The lowest BCUT2D eigenvalue weighted by Gasteiger charge is -2.32. The summed E-state index contributed by atoms with van der Waals surface area (Å²) < 4.78 is 0. The Morgan fingerprint density at radius 3 is 2.71 bits per heavy atom. The van der Waals surface area contributed by atoms with Gasteiger partial charge in [0.25, 0.3) is 0 Å². The Morgan fingerprint density at radius 1 is 0.958 bits per heavy atom. The lowest BCUT2D eigenvalue weighted by atomic mass is 9.95. The maximum absolute atomic E-state index is 6.31. The van der Waals surface area contributed by atoms with Crippen molar-refractivity contribution in [3.05, 3.63) is 76.9 Å². The average molecular weight is 315 g/mol. The van der Waals surface area contributed by atoms with Gasteiger partial charge in [0.15, 0.2) is 0 Å². The first-order chi connectivity index (χ1) is 11.7. The second kappa shape index (κ2) is 5.09. The van der Waals surface area contributed by atoms with Crippen molar-refractivity contribution >= 4 is 16.5 Å². The summed E-state index contributed by atoms with van der Waals surface area (Å²) in [5.74, 6) is 0. The molecule has 0 radical (unpaired) electrons. The van der Waals surface area contributed by atoms with E-state index in [1.807, 2.05) is 0 Å². The third-order valence-electron chi connectivity index (χ3n) is 5.67. The van der Waals surface area contributed by atoms with Gasteiger partial charge >= 0.3 is 0 Å². The molecule has 1 unspecified atom stereocenters. The summed E-state index contributed by atoms with van der Waals surface area (Å²) >= 11 is 0. The molecule has 2 aliphatic rings. The molecule has 120 valence electrons. The number of hydrogen-bond donors (Lipinski definition) is 0. The van der Waals surface area contributed by atoms with Crippen molar-refractivity contribution < 1.29 is 4.84 Å². The highest BCUT2D eigenvalue weighted by atomic mass is 16.7. The number of rotatable bonds is 1. The molecule has 5 rings (SSSR count). The summed E-state index contributed by atoms with van der Waals surface area (Å²) in [5, 5.41) is 4.85. The maximum Gasteiger partial charge on any atom is 0.0921 e. The van der Waals surface area contributed by atoms with Crippen molar-refractivity contribution in [3.63, 3.8) is 0 Å². The molecule has 0 aromatic heterocycles. The maximum atomic E-state index is 6.31. The van der Waals surface area contributed by atoms with Gasteiger partial charge in [-0.05, 0) is 46.9 Å². The zero-order valence-electron chi connectivity index (χ0n) is 14.1. The predicted molar refractivity (Wildman–Crippen MR) is 98.3 cm³/mol. The van der Waals surface area contributed by atoms with Crippen molar-refractivity contribution in [3.8, 4) is 0 Å². The minimum Gasteiger partial charge on any atom is -0.269 e. The van der Waals surface area contributed by atoms with Crippen molar-refractivity contribution in [1.82, 2.24) is 0 Å². The van der Waals surface area contributed by atoms with Crippen LogP contribution >= 0.6 is 0 Å². The number of nitrogens with zero attached hydrogens (tertiary/aromatic N) is 1. The average Bonchev–Trinajstić information content (AvgIpc) is 2.94. The molecule has 0 aliphatic carbocycles. The standard InChI is InChI=1S/C22H21NO/c1-14-10-11-17-12-18-13-21(23(24-18)22(17)15(14)2)20-9-5-7-16-6-3-4-8-19(16)20/h3-11,18,21H,12-13H2,1-2H3/t18?,21-/m0/s1. The second-order valence-electron chi connectivity index (χ2n) is 7.09. The lowest BCUT2D eigenvalue weighted by Crippen LogP contribution is -2.28. The Balaban J connectivity index is 1.69. The highest BCUT2D eigenvalue weighted by Gasteiger charge is 2.41. The van der Waals surface area contributed by atoms with Gasteiger partial charge in [0, 0.05) is 12.8 Å². The van der Waals surface area contributed by atoms with Crippen LogP contribution in [0.2, 0.25) is 0 Å². The minimum atomic E-state index is 0.294. The molecule has 2 atom stereocenters. The topological polar surface area (TPSA) is 12.5 Å². The monoisotopic (exact) mass is 315 g/mol. The number of aryl methyl sites for hydroxylation is 1. The van der Waals surface area contributed by atoms with Crippen LogP contribution in [0.25, 0.3) is 10.8 Å². The second-order valence-corrected chi connectivity index (χ2v) is 7.09. The number of hydroxylamine groups is 1. The SMILES string of the molecule is Cc1ccc2c(c1C)N1OC(C2)C[C@H]1c1cccc2ccccc12. The van der Waals surface area contributed by atoms with Gasteiger partial charge in [0.1, 0.15) is 0 Å². The summed E-state index contributed by atoms with van der Waals surface area (Å²) in [6, 6.07) is 20.1. The molecule has 2 heterocycles. The Hall–Kier alpha value is -2.32. The van der Waals surface area contributed by atoms with Crippen molar-refractivity contribution in [1.29, 1.82) is 0 Å². The Labute approximate surface area is 142 Å². The molecule has 3 aromatic carbocycles. The fourth-order valence-corrected chi connectivity index (χ4v) is 4.32. The molecular formula is C22H21NO. The van der Waals surface area contributed by atoms with Gasteiger partial charge in [-0.15, -0.1) is 0 Å². The molecule has 2 aliphatic heterocycles. The Bertz CT molecular complexity index is 941. The smallest absolute Gasteiger partial charge is 0.0921 e. The van der Waals surface area contributed by atoms with E-state index in [1.54, 1.807) is 0 Å². The van der Waals surface area contributed by atoms with Gasteiger partial charge < -0.3 is 0 Å². The van der Waals surface area contributed by atoms with Crippen molar-refractivity contribution in [2.75, 3.05) is 5.06 Å². The fourth-order valence-electron chi connectivity index (χ4n) is 4.32. The van der Waals surface area contributed by atoms with Gasteiger partial charge in [0.2, 0.25) is 0 Å². The Kier molecular flexibility index (Phi) is 2.98. The first-order valence-corrected chi connectivity index (χ1v) is 8.75. The molecule has 2 heteroatoms. The van der Waals surface area contributed by atoms with E-state index in [4.69, 9.17) is 4.84 Å². The number of fused-ring (bicyclic) bond motifs is 5. The molecule has 1 saturated heterocycles. The van der Waals surface area contributed by atoms with Crippen LogP contribution in [0, 0.1) is 13.8 Å². The van der Waals surface area contributed by atoms with E-state index >= 15 is 0 Å². The highest BCUT2D eigenvalue weighted by molar-refractivity contribution is 5.86. The van der Waals surface area contributed by atoms with Crippen LogP contribution in [0.4, 0.5) is 5.69 Å². The molecule has 0 saturated carbocycles. The van der Waals surface area contributed by atoms with Crippen LogP contribution in [0.5, 0.6) is 0 Å². The minimum absolute atomic E-state index is 0.294. The van der Waals surface area contributed by atoms with E-state index in [0.29, 0.717) is 12.1 Å². The van der Waals surface area contributed by atoms with E-state index in [2.05, 4.69) is 73.5 Å². The van der Waals surface area contributed by atoms with E-state index in [0.717, 1.165) is 12.8 Å². The van der Waals surface area contributed by atoms with Crippen molar-refractivity contribution in [2.45, 2.75) is 38.8 Å². The van der Waals surface area contributed by atoms with Crippen LogP contribution in [-0.4, -0.2) is 6.10 Å². The molecular weight excluding hydrogens is 294 g/mol. The summed E-state index contributed by atoms with van der Waals surface area (Å²) in [6.45, 7) is 4.40. The number of hydrogen-bond acceptors (Lipinski definition) is 2. The van der Waals surface area contributed by atoms with Gasteiger partial charge in [0.05, 0.1) is 17.8 Å². The fraction of sp³-hybridized carbons (Fsp3) is 0.273. The first-order valence-electron chi connectivity index (χ1n) is 8.75. The third-order valence-corrected chi connectivity index (χ3v) is 5.67. The van der Waals surface area contributed by atoms with Crippen LogP contribution in [0.3, 0.4) is 0 Å². The molecule has 0 spiro atoms. The van der Waals surface area contributed by atoms with E-state index < -0.39 is 0 Å². The first kappa shape index (κ1) is 14.1. The van der Waals surface area contributed by atoms with Gasteiger partial charge in [-0.2, -0.15) is 0 Å². The van der Waals surface area contributed by atoms with Crippen molar-refractivity contribution in [2.24, 2.45) is 0 Å². The molecule has 2 bridgehead atoms. The summed E-state index contributed by atoms with van der Waals surface area (Å²) in [7, 11) is 0. The van der Waals surface area contributed by atoms with E-state index in [9.17, 15) is 0 Å². The number of anilines is 1. The molecule has 3 aromatic rings. The quantitative estimate of drug-likeness (QED) is 0.607.